The summed E-state index contributed by atoms with van der Waals surface area (Å²) in [5.41, 5.74) is 0.928. The minimum atomic E-state index is -4.67. The standard InChI is InChI=1S/C19H26F3N3O3/c20-19(21,22)28-16-5-3-15(4-6-16)13-24-7-9-25(10-8-24)14-18(26)23-12-17-2-1-11-27-17/h3-6,17H,1-2,7-14H2,(H,23,26). The normalized spacial score (nSPS) is 21.6. The van der Waals surface area contributed by atoms with Gasteiger partial charge in [-0.15, -0.1) is 13.2 Å². The molecular weight excluding hydrogens is 375 g/mol. The molecule has 156 valence electrons. The SMILES string of the molecule is O=C(CN1CCN(Cc2ccc(OC(F)(F)F)cc2)CC1)NCC1CCCO1. The van der Waals surface area contributed by atoms with Crippen molar-refractivity contribution in [1.82, 2.24) is 15.1 Å². The molecule has 6 nitrogen and oxygen atoms in total. The van der Waals surface area contributed by atoms with Crippen molar-refractivity contribution in [2.24, 2.45) is 0 Å². The molecule has 0 saturated carbocycles. The van der Waals surface area contributed by atoms with Gasteiger partial charge in [0.05, 0.1) is 12.6 Å². The number of hydrogen-bond donors (Lipinski definition) is 1. The summed E-state index contributed by atoms with van der Waals surface area (Å²) in [4.78, 5) is 16.4. The molecule has 9 heteroatoms. The first-order valence-electron chi connectivity index (χ1n) is 9.55. The fourth-order valence-corrected chi connectivity index (χ4v) is 3.45. The maximum absolute atomic E-state index is 12.2. The van der Waals surface area contributed by atoms with E-state index in [4.69, 9.17) is 4.74 Å². The molecule has 0 spiro atoms. The van der Waals surface area contributed by atoms with E-state index in [1.807, 2.05) is 0 Å². The molecule has 0 bridgehead atoms. The van der Waals surface area contributed by atoms with E-state index in [1.165, 1.54) is 12.1 Å². The summed E-state index contributed by atoms with van der Waals surface area (Å²) in [6, 6.07) is 5.95. The van der Waals surface area contributed by atoms with Crippen LogP contribution in [0.4, 0.5) is 13.2 Å². The maximum Gasteiger partial charge on any atom is 0.573 e. The molecule has 0 radical (unpaired) electrons. The Hall–Kier alpha value is -1.84. The number of nitrogens with one attached hydrogen (secondary N) is 1. The van der Waals surface area contributed by atoms with Crippen molar-refractivity contribution in [1.29, 1.82) is 0 Å². The molecule has 2 aliphatic heterocycles. The third kappa shape index (κ3) is 6.96. The second-order valence-corrected chi connectivity index (χ2v) is 7.18. The average Bonchev–Trinajstić information content (AvgIpc) is 3.16. The fraction of sp³-hybridized carbons (Fsp3) is 0.632. The van der Waals surface area contributed by atoms with Crippen LogP contribution in [0.5, 0.6) is 5.75 Å². The molecule has 2 saturated heterocycles. The largest absolute Gasteiger partial charge is 0.573 e. The van der Waals surface area contributed by atoms with Gasteiger partial charge in [0.15, 0.2) is 0 Å². The van der Waals surface area contributed by atoms with Crippen LogP contribution in [-0.2, 0) is 16.1 Å². The number of amides is 1. The fourth-order valence-electron chi connectivity index (χ4n) is 3.45. The maximum atomic E-state index is 12.2. The predicted molar refractivity (Wildman–Crippen MR) is 96.8 cm³/mol. The third-order valence-corrected chi connectivity index (χ3v) is 4.95. The van der Waals surface area contributed by atoms with Crippen LogP contribution in [0.3, 0.4) is 0 Å². The first-order valence-corrected chi connectivity index (χ1v) is 9.55. The van der Waals surface area contributed by atoms with Gasteiger partial charge in [-0.3, -0.25) is 14.6 Å². The van der Waals surface area contributed by atoms with E-state index in [9.17, 15) is 18.0 Å². The lowest BCUT2D eigenvalue weighted by molar-refractivity contribution is -0.274. The molecule has 1 unspecified atom stereocenters. The molecule has 1 atom stereocenters. The summed E-state index contributed by atoms with van der Waals surface area (Å²) in [6.07, 6.45) is -2.47. The highest BCUT2D eigenvalue weighted by Crippen LogP contribution is 2.23. The zero-order chi connectivity index (χ0) is 20.0. The summed E-state index contributed by atoms with van der Waals surface area (Å²) in [7, 11) is 0. The van der Waals surface area contributed by atoms with Crippen LogP contribution in [0.15, 0.2) is 24.3 Å². The van der Waals surface area contributed by atoms with E-state index in [0.717, 1.165) is 51.2 Å². The Kier molecular flexibility index (Phi) is 7.14. The van der Waals surface area contributed by atoms with Crippen molar-refractivity contribution in [3.05, 3.63) is 29.8 Å². The number of carbonyl (C=O) groups is 1. The molecular formula is C19H26F3N3O3. The predicted octanol–water partition coefficient (Wildman–Crippen LogP) is 2.00. The van der Waals surface area contributed by atoms with Gasteiger partial charge in [0.2, 0.25) is 5.91 Å². The van der Waals surface area contributed by atoms with Gasteiger partial charge in [0, 0.05) is 45.9 Å². The van der Waals surface area contributed by atoms with Crippen LogP contribution in [0.1, 0.15) is 18.4 Å². The summed E-state index contributed by atoms with van der Waals surface area (Å²) in [6.45, 7) is 5.56. The second-order valence-electron chi connectivity index (χ2n) is 7.18. The van der Waals surface area contributed by atoms with Crippen LogP contribution >= 0.6 is 0 Å². The summed E-state index contributed by atoms with van der Waals surface area (Å²) < 4.78 is 46.0. The number of halogens is 3. The highest BCUT2D eigenvalue weighted by Gasteiger charge is 2.31. The van der Waals surface area contributed by atoms with Gasteiger partial charge in [-0.25, -0.2) is 0 Å². The smallest absolute Gasteiger partial charge is 0.406 e. The number of hydrogen-bond acceptors (Lipinski definition) is 5. The number of carbonyl (C=O) groups excluding carboxylic acids is 1. The van der Waals surface area contributed by atoms with Gasteiger partial charge in [0.1, 0.15) is 5.75 Å². The zero-order valence-corrected chi connectivity index (χ0v) is 15.7. The first kappa shape index (κ1) is 20.9. The van der Waals surface area contributed by atoms with E-state index in [1.54, 1.807) is 12.1 Å². The molecule has 2 fully saturated rings. The quantitative estimate of drug-likeness (QED) is 0.758. The Morgan fingerprint density at radius 3 is 2.43 bits per heavy atom. The lowest BCUT2D eigenvalue weighted by Gasteiger charge is -2.34. The van der Waals surface area contributed by atoms with Gasteiger partial charge in [-0.1, -0.05) is 12.1 Å². The number of alkyl halides is 3. The molecule has 0 aromatic heterocycles. The Labute approximate surface area is 162 Å². The van der Waals surface area contributed by atoms with E-state index in [2.05, 4.69) is 19.9 Å². The van der Waals surface area contributed by atoms with E-state index >= 15 is 0 Å². The van der Waals surface area contributed by atoms with Crippen molar-refractivity contribution in [3.8, 4) is 5.75 Å². The van der Waals surface area contributed by atoms with E-state index < -0.39 is 6.36 Å². The van der Waals surface area contributed by atoms with Crippen molar-refractivity contribution in [2.75, 3.05) is 45.9 Å². The van der Waals surface area contributed by atoms with Gasteiger partial charge in [-0.05, 0) is 30.5 Å². The lowest BCUT2D eigenvalue weighted by Crippen LogP contribution is -2.49. The minimum Gasteiger partial charge on any atom is -0.406 e. The molecule has 28 heavy (non-hydrogen) atoms. The van der Waals surface area contributed by atoms with Crippen LogP contribution < -0.4 is 10.1 Å². The van der Waals surface area contributed by atoms with Gasteiger partial charge >= 0.3 is 6.36 Å². The molecule has 2 heterocycles. The average molecular weight is 401 g/mol. The summed E-state index contributed by atoms with van der Waals surface area (Å²) in [5, 5.41) is 2.93. The molecule has 1 amide bonds. The number of rotatable bonds is 7. The van der Waals surface area contributed by atoms with Crippen molar-refractivity contribution in [2.45, 2.75) is 31.9 Å². The molecule has 1 N–H and O–H groups in total. The topological polar surface area (TPSA) is 54.0 Å². The Morgan fingerprint density at radius 2 is 1.82 bits per heavy atom. The molecule has 1 aromatic rings. The van der Waals surface area contributed by atoms with Crippen LogP contribution in [-0.4, -0.2) is 74.0 Å². The van der Waals surface area contributed by atoms with Crippen LogP contribution in [0.2, 0.25) is 0 Å². The highest BCUT2D eigenvalue weighted by molar-refractivity contribution is 5.78. The van der Waals surface area contributed by atoms with Crippen LogP contribution in [0.25, 0.3) is 0 Å². The van der Waals surface area contributed by atoms with E-state index in [-0.39, 0.29) is 17.8 Å². The molecule has 2 aliphatic rings. The van der Waals surface area contributed by atoms with Crippen molar-refractivity contribution in [3.63, 3.8) is 0 Å². The van der Waals surface area contributed by atoms with Crippen molar-refractivity contribution >= 4 is 5.91 Å². The summed E-state index contributed by atoms with van der Waals surface area (Å²) >= 11 is 0. The summed E-state index contributed by atoms with van der Waals surface area (Å²) in [5.74, 6) is -0.195. The van der Waals surface area contributed by atoms with Gasteiger partial charge < -0.3 is 14.8 Å². The van der Waals surface area contributed by atoms with Gasteiger partial charge in [-0.2, -0.15) is 0 Å². The monoisotopic (exact) mass is 401 g/mol. The minimum absolute atomic E-state index is 0.0178. The Balaban J connectivity index is 1.35. The molecule has 1 aromatic carbocycles. The number of nitrogens with zero attached hydrogens (tertiary/aromatic N) is 2. The molecule has 0 aliphatic carbocycles. The van der Waals surface area contributed by atoms with Crippen LogP contribution in [0, 0.1) is 0 Å². The number of piperazine rings is 1. The number of benzene rings is 1. The highest BCUT2D eigenvalue weighted by atomic mass is 19.4. The van der Waals surface area contributed by atoms with E-state index in [0.29, 0.717) is 19.6 Å². The second kappa shape index (κ2) is 9.58. The zero-order valence-electron chi connectivity index (χ0n) is 15.7. The Morgan fingerprint density at radius 1 is 1.14 bits per heavy atom. The number of ether oxygens (including phenoxy) is 2. The Bertz CT molecular complexity index is 626. The molecule has 3 rings (SSSR count). The third-order valence-electron chi connectivity index (χ3n) is 4.95. The lowest BCUT2D eigenvalue weighted by atomic mass is 10.2. The van der Waals surface area contributed by atoms with Gasteiger partial charge in [0.25, 0.3) is 0 Å². The first-order chi connectivity index (χ1) is 13.4. The van der Waals surface area contributed by atoms with Crippen molar-refractivity contribution < 1.29 is 27.4 Å².